The van der Waals surface area contributed by atoms with Gasteiger partial charge < -0.3 is 5.73 Å². The van der Waals surface area contributed by atoms with Crippen LogP contribution in [0.1, 0.15) is 12.0 Å². The summed E-state index contributed by atoms with van der Waals surface area (Å²) in [4.78, 5) is 3.89. The van der Waals surface area contributed by atoms with E-state index < -0.39 is 10.0 Å². The average Bonchev–Trinajstić information content (AvgIpc) is 2.28. The third kappa shape index (κ3) is 5.20. The van der Waals surface area contributed by atoms with Crippen molar-refractivity contribution in [2.45, 2.75) is 12.8 Å². The summed E-state index contributed by atoms with van der Waals surface area (Å²) in [6.07, 6.45) is 4.55. The molecule has 5 nitrogen and oxygen atoms in total. The van der Waals surface area contributed by atoms with Crippen LogP contribution in [-0.4, -0.2) is 32.2 Å². The van der Waals surface area contributed by atoms with Gasteiger partial charge in [0, 0.05) is 18.9 Å². The summed E-state index contributed by atoms with van der Waals surface area (Å²) in [7, 11) is -3.16. The fraction of sp³-hybridized carbons (Fsp3) is 0.500. The van der Waals surface area contributed by atoms with Gasteiger partial charge in [-0.2, -0.15) is 0 Å². The molecule has 0 bridgehead atoms. The van der Waals surface area contributed by atoms with Crippen molar-refractivity contribution in [3.63, 3.8) is 0 Å². The number of hydrogen-bond donors (Lipinski definition) is 2. The molecule has 0 amide bonds. The van der Waals surface area contributed by atoms with Gasteiger partial charge in [0.15, 0.2) is 0 Å². The van der Waals surface area contributed by atoms with E-state index in [0.29, 0.717) is 25.9 Å². The van der Waals surface area contributed by atoms with Gasteiger partial charge in [0.2, 0.25) is 10.0 Å². The summed E-state index contributed by atoms with van der Waals surface area (Å²) in [5.41, 5.74) is 6.32. The first-order valence-corrected chi connectivity index (χ1v) is 6.85. The topological polar surface area (TPSA) is 85.1 Å². The lowest BCUT2D eigenvalue weighted by molar-refractivity contribution is 0.579. The molecule has 0 aliphatic carbocycles. The highest BCUT2D eigenvalue weighted by Gasteiger charge is 2.07. The van der Waals surface area contributed by atoms with Gasteiger partial charge in [0.05, 0.1) is 5.75 Å². The molecule has 0 saturated heterocycles. The van der Waals surface area contributed by atoms with Crippen molar-refractivity contribution >= 4 is 10.0 Å². The zero-order valence-corrected chi connectivity index (χ0v) is 9.91. The van der Waals surface area contributed by atoms with Gasteiger partial charge in [-0.3, -0.25) is 4.98 Å². The number of rotatable bonds is 7. The van der Waals surface area contributed by atoms with Crippen LogP contribution in [0.15, 0.2) is 24.5 Å². The van der Waals surface area contributed by atoms with Gasteiger partial charge >= 0.3 is 0 Å². The Morgan fingerprint density at radius 2 is 2.00 bits per heavy atom. The Morgan fingerprint density at radius 1 is 1.31 bits per heavy atom. The molecular weight excluding hydrogens is 226 g/mol. The molecule has 0 aliphatic heterocycles. The Hall–Kier alpha value is -0.980. The van der Waals surface area contributed by atoms with Crippen molar-refractivity contribution in [2.75, 3.05) is 18.8 Å². The molecule has 90 valence electrons. The molecule has 0 spiro atoms. The van der Waals surface area contributed by atoms with E-state index in [2.05, 4.69) is 9.71 Å². The second-order valence-electron chi connectivity index (χ2n) is 3.46. The number of nitrogens with zero attached hydrogens (tertiary/aromatic N) is 1. The van der Waals surface area contributed by atoms with E-state index in [-0.39, 0.29) is 5.75 Å². The standard InChI is InChI=1S/C10H17N3O2S/c11-5-1-9-16(14,15)13-8-4-10-2-6-12-7-3-10/h2-3,6-7,13H,1,4-5,8-9,11H2. The van der Waals surface area contributed by atoms with Gasteiger partial charge in [0.1, 0.15) is 0 Å². The largest absolute Gasteiger partial charge is 0.330 e. The highest BCUT2D eigenvalue weighted by atomic mass is 32.2. The molecule has 1 heterocycles. The fourth-order valence-electron chi connectivity index (χ4n) is 1.25. The van der Waals surface area contributed by atoms with Crippen LogP contribution in [-0.2, 0) is 16.4 Å². The minimum absolute atomic E-state index is 0.0971. The molecule has 1 rings (SSSR count). The molecule has 6 heteroatoms. The predicted octanol–water partition coefficient (Wildman–Crippen LogP) is -0.108. The lowest BCUT2D eigenvalue weighted by Gasteiger charge is -2.05. The van der Waals surface area contributed by atoms with Gasteiger partial charge in [-0.25, -0.2) is 13.1 Å². The molecule has 3 N–H and O–H groups in total. The number of aromatic nitrogens is 1. The Balaban J connectivity index is 2.30. The third-order valence-corrected chi connectivity index (χ3v) is 3.57. The van der Waals surface area contributed by atoms with Gasteiger partial charge in [-0.05, 0) is 37.1 Å². The number of sulfonamides is 1. The van der Waals surface area contributed by atoms with Crippen molar-refractivity contribution in [3.05, 3.63) is 30.1 Å². The molecule has 0 aromatic carbocycles. The van der Waals surface area contributed by atoms with E-state index in [0.717, 1.165) is 5.56 Å². The summed E-state index contributed by atoms with van der Waals surface area (Å²) >= 11 is 0. The van der Waals surface area contributed by atoms with E-state index in [1.165, 1.54) is 0 Å². The smallest absolute Gasteiger partial charge is 0.211 e. The number of hydrogen-bond acceptors (Lipinski definition) is 4. The van der Waals surface area contributed by atoms with Gasteiger partial charge in [-0.15, -0.1) is 0 Å². The quantitative estimate of drug-likeness (QED) is 0.700. The molecule has 0 fully saturated rings. The van der Waals surface area contributed by atoms with Crippen LogP contribution >= 0.6 is 0 Å². The second kappa shape index (κ2) is 6.57. The summed E-state index contributed by atoms with van der Waals surface area (Å²) in [5, 5.41) is 0. The summed E-state index contributed by atoms with van der Waals surface area (Å²) in [6.45, 7) is 0.808. The van der Waals surface area contributed by atoms with Crippen LogP contribution in [0, 0.1) is 0 Å². The van der Waals surface area contributed by atoms with Crippen LogP contribution in [0.4, 0.5) is 0 Å². The Bertz CT molecular complexity index is 392. The first-order valence-electron chi connectivity index (χ1n) is 5.20. The monoisotopic (exact) mass is 243 g/mol. The zero-order chi connectivity index (χ0) is 11.9. The summed E-state index contributed by atoms with van der Waals surface area (Å²) in [5.74, 6) is 0.0971. The maximum atomic E-state index is 11.4. The van der Waals surface area contributed by atoms with Crippen LogP contribution in [0.5, 0.6) is 0 Å². The number of nitrogens with one attached hydrogen (secondary N) is 1. The molecule has 0 unspecified atom stereocenters. The van der Waals surface area contributed by atoms with E-state index in [1.807, 2.05) is 12.1 Å². The second-order valence-corrected chi connectivity index (χ2v) is 5.39. The SMILES string of the molecule is NCCCS(=O)(=O)NCCc1ccncc1. The predicted molar refractivity (Wildman–Crippen MR) is 63.4 cm³/mol. The maximum Gasteiger partial charge on any atom is 0.211 e. The highest BCUT2D eigenvalue weighted by molar-refractivity contribution is 7.89. The molecule has 16 heavy (non-hydrogen) atoms. The van der Waals surface area contributed by atoms with E-state index >= 15 is 0 Å². The van der Waals surface area contributed by atoms with Crippen LogP contribution in [0.25, 0.3) is 0 Å². The van der Waals surface area contributed by atoms with Gasteiger partial charge in [-0.1, -0.05) is 0 Å². The summed E-state index contributed by atoms with van der Waals surface area (Å²) in [6, 6.07) is 3.74. The molecule has 0 radical (unpaired) electrons. The van der Waals surface area contributed by atoms with Crippen molar-refractivity contribution in [2.24, 2.45) is 5.73 Å². The van der Waals surface area contributed by atoms with Crippen molar-refractivity contribution in [1.29, 1.82) is 0 Å². The zero-order valence-electron chi connectivity index (χ0n) is 9.09. The minimum atomic E-state index is -3.16. The first-order chi connectivity index (χ1) is 7.64. The number of nitrogens with two attached hydrogens (primary N) is 1. The van der Waals surface area contributed by atoms with Crippen molar-refractivity contribution in [3.8, 4) is 0 Å². The summed E-state index contributed by atoms with van der Waals surface area (Å²) < 4.78 is 25.3. The minimum Gasteiger partial charge on any atom is -0.330 e. The van der Waals surface area contributed by atoms with Crippen molar-refractivity contribution < 1.29 is 8.42 Å². The van der Waals surface area contributed by atoms with Crippen LogP contribution < -0.4 is 10.5 Å². The van der Waals surface area contributed by atoms with E-state index in [4.69, 9.17) is 5.73 Å². The number of pyridine rings is 1. The van der Waals surface area contributed by atoms with E-state index in [9.17, 15) is 8.42 Å². The normalized spacial score (nSPS) is 11.6. The molecule has 0 saturated carbocycles. The average molecular weight is 243 g/mol. The lowest BCUT2D eigenvalue weighted by Crippen LogP contribution is -2.29. The Labute approximate surface area is 96.1 Å². The molecule has 0 aliphatic rings. The first kappa shape index (κ1) is 13.1. The molecule has 1 aromatic rings. The lowest BCUT2D eigenvalue weighted by atomic mass is 10.2. The van der Waals surface area contributed by atoms with Crippen molar-refractivity contribution in [1.82, 2.24) is 9.71 Å². The fourth-order valence-corrected chi connectivity index (χ4v) is 2.35. The molecule has 1 aromatic heterocycles. The molecule has 0 atom stereocenters. The van der Waals surface area contributed by atoms with E-state index in [1.54, 1.807) is 12.4 Å². The molecular formula is C10H17N3O2S. The maximum absolute atomic E-state index is 11.4. The third-order valence-electron chi connectivity index (χ3n) is 2.10. The highest BCUT2D eigenvalue weighted by Crippen LogP contribution is 1.97. The Morgan fingerprint density at radius 3 is 2.62 bits per heavy atom. The van der Waals surface area contributed by atoms with Crippen LogP contribution in [0.3, 0.4) is 0 Å². The Kier molecular flexibility index (Phi) is 5.37. The van der Waals surface area contributed by atoms with Gasteiger partial charge in [0.25, 0.3) is 0 Å². The van der Waals surface area contributed by atoms with Crippen LogP contribution in [0.2, 0.25) is 0 Å².